The Morgan fingerprint density at radius 3 is 2.26 bits per heavy atom. The van der Waals surface area contributed by atoms with Crippen molar-refractivity contribution >= 4 is 23.4 Å². The van der Waals surface area contributed by atoms with E-state index in [1.807, 2.05) is 23.1 Å². The SMILES string of the molecule is CCCC(CCC)C(=O)N1CCNC(=O)[C@@H]1CC(=O)N1CCN(c2ccccc2)CC1. The van der Waals surface area contributed by atoms with Crippen molar-refractivity contribution in [3.05, 3.63) is 30.3 Å². The van der Waals surface area contributed by atoms with Crippen LogP contribution in [0.4, 0.5) is 5.69 Å². The van der Waals surface area contributed by atoms with Crippen LogP contribution in [0.25, 0.3) is 0 Å². The molecule has 3 rings (SSSR count). The number of amides is 3. The predicted molar refractivity (Wildman–Crippen MR) is 122 cm³/mol. The second kappa shape index (κ2) is 11.2. The van der Waals surface area contributed by atoms with Gasteiger partial charge in [-0.05, 0) is 25.0 Å². The normalized spacial score (nSPS) is 19.5. The molecule has 2 aliphatic rings. The Morgan fingerprint density at radius 2 is 1.65 bits per heavy atom. The van der Waals surface area contributed by atoms with Gasteiger partial charge in [-0.15, -0.1) is 0 Å². The van der Waals surface area contributed by atoms with Gasteiger partial charge < -0.3 is 20.0 Å². The predicted octanol–water partition coefficient (Wildman–Crippen LogP) is 2.27. The van der Waals surface area contributed by atoms with Crippen molar-refractivity contribution in [2.45, 2.75) is 52.0 Å². The van der Waals surface area contributed by atoms with Gasteiger partial charge >= 0.3 is 0 Å². The molecule has 2 aliphatic heterocycles. The molecule has 7 nitrogen and oxygen atoms in total. The lowest BCUT2D eigenvalue weighted by molar-refractivity contribution is -0.149. The summed E-state index contributed by atoms with van der Waals surface area (Å²) < 4.78 is 0. The molecule has 0 radical (unpaired) electrons. The average molecular weight is 429 g/mol. The van der Waals surface area contributed by atoms with Gasteiger partial charge in [-0.2, -0.15) is 0 Å². The minimum Gasteiger partial charge on any atom is -0.368 e. The van der Waals surface area contributed by atoms with E-state index in [1.54, 1.807) is 4.90 Å². The highest BCUT2D eigenvalue weighted by Gasteiger charge is 2.38. The fraction of sp³-hybridized carbons (Fsp3) is 0.625. The molecule has 1 atom stereocenters. The molecule has 1 N–H and O–H groups in total. The van der Waals surface area contributed by atoms with E-state index in [1.165, 1.54) is 0 Å². The summed E-state index contributed by atoms with van der Waals surface area (Å²) in [6.07, 6.45) is 3.59. The largest absolute Gasteiger partial charge is 0.368 e. The molecule has 0 unspecified atom stereocenters. The molecular weight excluding hydrogens is 392 g/mol. The van der Waals surface area contributed by atoms with E-state index in [-0.39, 0.29) is 30.1 Å². The Balaban J connectivity index is 1.61. The molecule has 7 heteroatoms. The van der Waals surface area contributed by atoms with Gasteiger partial charge in [-0.3, -0.25) is 14.4 Å². The summed E-state index contributed by atoms with van der Waals surface area (Å²) in [6.45, 7) is 7.89. The van der Waals surface area contributed by atoms with Gasteiger partial charge in [0.25, 0.3) is 0 Å². The van der Waals surface area contributed by atoms with Gasteiger partial charge in [-0.1, -0.05) is 44.9 Å². The lowest BCUT2D eigenvalue weighted by Gasteiger charge is -2.39. The lowest BCUT2D eigenvalue weighted by atomic mass is 9.94. The van der Waals surface area contributed by atoms with Crippen LogP contribution in [-0.2, 0) is 14.4 Å². The molecule has 0 bridgehead atoms. The van der Waals surface area contributed by atoms with E-state index in [0.717, 1.165) is 44.5 Å². The minimum absolute atomic E-state index is 0.0326. The third kappa shape index (κ3) is 5.77. The van der Waals surface area contributed by atoms with Crippen molar-refractivity contribution in [3.8, 4) is 0 Å². The molecule has 2 saturated heterocycles. The second-order valence-corrected chi connectivity index (χ2v) is 8.52. The van der Waals surface area contributed by atoms with E-state index >= 15 is 0 Å². The Labute approximate surface area is 185 Å². The van der Waals surface area contributed by atoms with E-state index in [4.69, 9.17) is 0 Å². The maximum Gasteiger partial charge on any atom is 0.243 e. The zero-order chi connectivity index (χ0) is 22.2. The summed E-state index contributed by atoms with van der Waals surface area (Å²) in [7, 11) is 0. The van der Waals surface area contributed by atoms with E-state index in [2.05, 4.69) is 36.2 Å². The third-order valence-electron chi connectivity index (χ3n) is 6.36. The first-order valence-electron chi connectivity index (χ1n) is 11.7. The molecule has 2 fully saturated rings. The first-order valence-corrected chi connectivity index (χ1v) is 11.7. The van der Waals surface area contributed by atoms with Gasteiger partial charge in [0.2, 0.25) is 17.7 Å². The smallest absolute Gasteiger partial charge is 0.243 e. The van der Waals surface area contributed by atoms with Crippen LogP contribution < -0.4 is 10.2 Å². The number of rotatable bonds is 8. The summed E-state index contributed by atoms with van der Waals surface area (Å²) in [5.74, 6) is -0.282. The van der Waals surface area contributed by atoms with Crippen molar-refractivity contribution in [2.24, 2.45) is 5.92 Å². The summed E-state index contributed by atoms with van der Waals surface area (Å²) in [5.41, 5.74) is 1.16. The van der Waals surface area contributed by atoms with Crippen molar-refractivity contribution < 1.29 is 14.4 Å². The maximum atomic E-state index is 13.2. The lowest BCUT2D eigenvalue weighted by Crippen LogP contribution is -2.60. The number of piperazine rings is 2. The molecule has 0 spiro atoms. The second-order valence-electron chi connectivity index (χ2n) is 8.52. The molecule has 1 aromatic carbocycles. The maximum absolute atomic E-state index is 13.2. The number of para-hydroxylation sites is 1. The van der Waals surface area contributed by atoms with Gasteiger partial charge in [-0.25, -0.2) is 0 Å². The Kier molecular flexibility index (Phi) is 8.32. The number of hydrogen-bond donors (Lipinski definition) is 1. The van der Waals surface area contributed by atoms with Crippen molar-refractivity contribution in [1.29, 1.82) is 0 Å². The Hall–Kier alpha value is -2.57. The number of carbonyl (C=O) groups excluding carboxylic acids is 3. The zero-order valence-electron chi connectivity index (χ0n) is 18.9. The molecule has 2 heterocycles. The van der Waals surface area contributed by atoms with Crippen LogP contribution in [0.15, 0.2) is 30.3 Å². The fourth-order valence-electron chi connectivity index (χ4n) is 4.65. The molecule has 31 heavy (non-hydrogen) atoms. The molecular formula is C24H36N4O3. The van der Waals surface area contributed by atoms with Crippen LogP contribution in [0.2, 0.25) is 0 Å². The summed E-state index contributed by atoms with van der Waals surface area (Å²) in [4.78, 5) is 44.6. The van der Waals surface area contributed by atoms with Gasteiger partial charge in [0.1, 0.15) is 6.04 Å². The highest BCUT2D eigenvalue weighted by atomic mass is 16.2. The molecule has 1 aromatic rings. The Bertz CT molecular complexity index is 740. The van der Waals surface area contributed by atoms with Crippen LogP contribution in [0, 0.1) is 5.92 Å². The minimum atomic E-state index is -0.697. The molecule has 0 aromatic heterocycles. The third-order valence-corrected chi connectivity index (χ3v) is 6.36. The number of nitrogens with zero attached hydrogens (tertiary/aromatic N) is 3. The fourth-order valence-corrected chi connectivity index (χ4v) is 4.65. The van der Waals surface area contributed by atoms with E-state index in [0.29, 0.717) is 26.2 Å². The summed E-state index contributed by atoms with van der Waals surface area (Å²) in [5, 5.41) is 2.84. The monoisotopic (exact) mass is 428 g/mol. The topological polar surface area (TPSA) is 73.0 Å². The van der Waals surface area contributed by atoms with E-state index < -0.39 is 6.04 Å². The van der Waals surface area contributed by atoms with Crippen LogP contribution in [0.3, 0.4) is 0 Å². The van der Waals surface area contributed by atoms with Crippen molar-refractivity contribution in [2.75, 3.05) is 44.2 Å². The van der Waals surface area contributed by atoms with Crippen molar-refractivity contribution in [1.82, 2.24) is 15.1 Å². The van der Waals surface area contributed by atoms with Crippen LogP contribution >= 0.6 is 0 Å². The highest BCUT2D eigenvalue weighted by molar-refractivity contribution is 5.93. The molecule has 3 amide bonds. The number of benzene rings is 1. The van der Waals surface area contributed by atoms with Gasteiger partial charge in [0, 0.05) is 50.9 Å². The highest BCUT2D eigenvalue weighted by Crippen LogP contribution is 2.22. The van der Waals surface area contributed by atoms with Gasteiger partial charge in [0.15, 0.2) is 0 Å². The number of nitrogens with one attached hydrogen (secondary N) is 1. The van der Waals surface area contributed by atoms with E-state index in [9.17, 15) is 14.4 Å². The number of hydrogen-bond acceptors (Lipinski definition) is 4. The van der Waals surface area contributed by atoms with Crippen molar-refractivity contribution in [3.63, 3.8) is 0 Å². The van der Waals surface area contributed by atoms with Crippen LogP contribution in [0.5, 0.6) is 0 Å². The number of anilines is 1. The van der Waals surface area contributed by atoms with Crippen LogP contribution in [-0.4, -0.2) is 72.8 Å². The molecule has 170 valence electrons. The quantitative estimate of drug-likeness (QED) is 0.689. The molecule has 0 saturated carbocycles. The first-order chi connectivity index (χ1) is 15.0. The summed E-state index contributed by atoms with van der Waals surface area (Å²) >= 11 is 0. The zero-order valence-corrected chi connectivity index (χ0v) is 18.9. The summed E-state index contributed by atoms with van der Waals surface area (Å²) in [6, 6.07) is 9.50. The standard InChI is InChI=1S/C24H36N4O3/c1-3-8-19(9-4-2)24(31)28-13-12-25-23(30)21(28)18-22(29)27-16-14-26(15-17-27)20-10-6-5-7-11-20/h5-7,10-11,19,21H,3-4,8-9,12-18H2,1-2H3,(H,25,30)/t21-/m0/s1. The first kappa shape index (κ1) is 23.1. The van der Waals surface area contributed by atoms with Crippen LogP contribution in [0.1, 0.15) is 46.0 Å². The average Bonchev–Trinajstić information content (AvgIpc) is 2.80. The van der Waals surface area contributed by atoms with Gasteiger partial charge in [0.05, 0.1) is 6.42 Å². The Morgan fingerprint density at radius 1 is 1.00 bits per heavy atom. The molecule has 0 aliphatic carbocycles. The number of carbonyl (C=O) groups is 3.